The fourth-order valence-corrected chi connectivity index (χ4v) is 3.74. The molecule has 0 aliphatic heterocycles. The zero-order valence-corrected chi connectivity index (χ0v) is 16.1. The Kier molecular flexibility index (Phi) is 3.89. The van der Waals surface area contributed by atoms with Gasteiger partial charge in [0.25, 0.3) is 0 Å². The van der Waals surface area contributed by atoms with E-state index in [4.69, 9.17) is 16.0 Å². The van der Waals surface area contributed by atoms with Crippen LogP contribution in [-0.4, -0.2) is 14.1 Å². The average Bonchev–Trinajstić information content (AvgIpc) is 3.18. The van der Waals surface area contributed by atoms with E-state index in [9.17, 15) is 9.59 Å². The molecule has 0 atom stereocenters. The van der Waals surface area contributed by atoms with Crippen molar-refractivity contribution in [2.45, 2.75) is 0 Å². The van der Waals surface area contributed by atoms with E-state index in [0.717, 1.165) is 15.3 Å². The lowest BCUT2D eigenvalue weighted by molar-refractivity contribution is 0.616. The molecule has 0 aliphatic carbocycles. The van der Waals surface area contributed by atoms with Gasteiger partial charge in [-0.15, -0.1) is 0 Å². The topological polar surface area (TPSA) is 70.0 Å². The molecule has 0 amide bonds. The van der Waals surface area contributed by atoms with E-state index in [0.29, 0.717) is 27.6 Å². The van der Waals surface area contributed by atoms with E-state index < -0.39 is 11.2 Å². The zero-order valence-electron chi connectivity index (χ0n) is 15.3. The molecule has 0 aliphatic rings. The Bertz CT molecular complexity index is 1520. The van der Waals surface area contributed by atoms with Crippen molar-refractivity contribution in [1.29, 1.82) is 0 Å². The molecule has 0 saturated carbocycles. The monoisotopic (exact) mass is 403 g/mol. The van der Waals surface area contributed by atoms with Gasteiger partial charge in [0.2, 0.25) is 5.58 Å². The normalized spacial score (nSPS) is 11.4. The molecule has 142 valence electrons. The van der Waals surface area contributed by atoms with E-state index in [1.807, 2.05) is 36.4 Å². The summed E-state index contributed by atoms with van der Waals surface area (Å²) < 4.78 is 8.36. The van der Waals surface area contributed by atoms with Crippen LogP contribution in [0.15, 0.2) is 81.0 Å². The predicted molar refractivity (Wildman–Crippen MR) is 113 cm³/mol. The maximum absolute atomic E-state index is 13.3. The summed E-state index contributed by atoms with van der Waals surface area (Å²) in [4.78, 5) is 30.6. The van der Waals surface area contributed by atoms with Gasteiger partial charge in [-0.2, -0.15) is 0 Å². The lowest BCUT2D eigenvalue weighted by Gasteiger charge is -2.10. The van der Waals surface area contributed by atoms with Crippen LogP contribution in [0, 0.1) is 0 Å². The molecule has 5 aromatic rings. The van der Waals surface area contributed by atoms with Crippen molar-refractivity contribution in [3.05, 3.63) is 92.9 Å². The first-order valence-electron chi connectivity index (χ1n) is 8.90. The van der Waals surface area contributed by atoms with Crippen molar-refractivity contribution in [2.75, 3.05) is 0 Å². The van der Waals surface area contributed by atoms with Crippen LogP contribution in [0.5, 0.6) is 0 Å². The third kappa shape index (κ3) is 2.61. The quantitative estimate of drug-likeness (QED) is 0.444. The molecule has 3 aromatic heterocycles. The summed E-state index contributed by atoms with van der Waals surface area (Å²) in [6.07, 6.45) is 3.20. The summed E-state index contributed by atoms with van der Waals surface area (Å²) in [6, 6.07) is 16.3. The molecule has 5 rings (SSSR count). The third-order valence-electron chi connectivity index (χ3n) is 4.98. The first-order valence-corrected chi connectivity index (χ1v) is 9.27. The first-order chi connectivity index (χ1) is 14.1. The van der Waals surface area contributed by atoms with Gasteiger partial charge in [0.1, 0.15) is 5.76 Å². The molecule has 0 radical (unpaired) electrons. The van der Waals surface area contributed by atoms with Crippen molar-refractivity contribution in [1.82, 2.24) is 14.1 Å². The average molecular weight is 404 g/mol. The maximum atomic E-state index is 13.3. The van der Waals surface area contributed by atoms with E-state index >= 15 is 0 Å². The highest BCUT2D eigenvalue weighted by molar-refractivity contribution is 6.33. The molecule has 0 spiro atoms. The Balaban J connectivity index is 1.86. The van der Waals surface area contributed by atoms with Gasteiger partial charge >= 0.3 is 11.2 Å². The number of benzene rings is 2. The molecule has 0 fully saturated rings. The molecular weight excluding hydrogens is 390 g/mol. The SMILES string of the molecule is Cn1c(=O)n(-c2cncc3ccccc23)c(=O)c2oc(-c3ccccc3Cl)cc21. The number of fused-ring (bicyclic) bond motifs is 2. The van der Waals surface area contributed by atoms with Crippen molar-refractivity contribution in [3.8, 4) is 17.0 Å². The molecule has 0 unspecified atom stereocenters. The van der Waals surface area contributed by atoms with Crippen LogP contribution in [0.4, 0.5) is 0 Å². The number of aryl methyl sites for hydroxylation is 1. The summed E-state index contributed by atoms with van der Waals surface area (Å²) in [5.41, 5.74) is 0.517. The number of aromatic nitrogens is 3. The van der Waals surface area contributed by atoms with E-state index in [-0.39, 0.29) is 5.58 Å². The van der Waals surface area contributed by atoms with E-state index in [1.54, 1.807) is 31.4 Å². The van der Waals surface area contributed by atoms with Gasteiger partial charge in [-0.05, 0) is 12.1 Å². The molecular formula is C22H14ClN3O3. The van der Waals surface area contributed by atoms with Gasteiger partial charge in [0.15, 0.2) is 0 Å². The van der Waals surface area contributed by atoms with Crippen LogP contribution in [0.25, 0.3) is 38.9 Å². The number of pyridine rings is 1. The fourth-order valence-electron chi connectivity index (χ4n) is 3.51. The standard InChI is InChI=1S/C22H14ClN3O3/c1-25-17-10-19(15-8-4-5-9-16(15)23)29-20(17)21(27)26(22(25)28)18-12-24-11-13-6-2-3-7-14(13)18/h2-12H,1H3. The predicted octanol–water partition coefficient (Wildman–Crippen LogP) is 4.15. The summed E-state index contributed by atoms with van der Waals surface area (Å²) in [6.45, 7) is 0. The Morgan fingerprint density at radius 1 is 1.00 bits per heavy atom. The van der Waals surface area contributed by atoms with Gasteiger partial charge in [0, 0.05) is 35.6 Å². The van der Waals surface area contributed by atoms with Crippen LogP contribution >= 0.6 is 11.6 Å². The first kappa shape index (κ1) is 17.5. The Morgan fingerprint density at radius 2 is 1.76 bits per heavy atom. The largest absolute Gasteiger partial charge is 0.449 e. The van der Waals surface area contributed by atoms with Gasteiger partial charge < -0.3 is 4.42 Å². The number of hydrogen-bond acceptors (Lipinski definition) is 4. The number of nitrogens with zero attached hydrogens (tertiary/aromatic N) is 3. The summed E-state index contributed by atoms with van der Waals surface area (Å²) in [7, 11) is 1.60. The van der Waals surface area contributed by atoms with Crippen LogP contribution in [0.3, 0.4) is 0 Å². The molecule has 3 heterocycles. The van der Waals surface area contributed by atoms with Crippen molar-refractivity contribution in [3.63, 3.8) is 0 Å². The minimum Gasteiger partial charge on any atom is -0.449 e. The smallest absolute Gasteiger partial charge is 0.336 e. The van der Waals surface area contributed by atoms with Crippen LogP contribution in [0.1, 0.15) is 0 Å². The highest BCUT2D eigenvalue weighted by Crippen LogP contribution is 2.31. The summed E-state index contributed by atoms with van der Waals surface area (Å²) in [5.74, 6) is 0.423. The van der Waals surface area contributed by atoms with Gasteiger partial charge in [-0.25, -0.2) is 9.36 Å². The minimum atomic E-state index is -0.542. The Labute approximate surface area is 169 Å². The lowest BCUT2D eigenvalue weighted by atomic mass is 10.1. The van der Waals surface area contributed by atoms with Crippen molar-refractivity contribution < 1.29 is 4.42 Å². The number of furan rings is 1. The summed E-state index contributed by atoms with van der Waals surface area (Å²) >= 11 is 6.27. The van der Waals surface area contributed by atoms with Crippen LogP contribution in [-0.2, 0) is 7.05 Å². The highest BCUT2D eigenvalue weighted by Gasteiger charge is 2.20. The molecule has 0 saturated heterocycles. The van der Waals surface area contributed by atoms with Gasteiger partial charge in [0.05, 0.1) is 22.4 Å². The molecule has 0 bridgehead atoms. The van der Waals surface area contributed by atoms with Gasteiger partial charge in [-0.1, -0.05) is 48.0 Å². The molecule has 29 heavy (non-hydrogen) atoms. The summed E-state index contributed by atoms with van der Waals surface area (Å²) in [5, 5.41) is 2.07. The second kappa shape index (κ2) is 6.46. The second-order valence-electron chi connectivity index (χ2n) is 6.67. The number of halogens is 1. The Morgan fingerprint density at radius 3 is 2.59 bits per heavy atom. The molecule has 0 N–H and O–H groups in total. The highest BCUT2D eigenvalue weighted by atomic mass is 35.5. The van der Waals surface area contributed by atoms with Gasteiger partial charge in [-0.3, -0.25) is 14.3 Å². The van der Waals surface area contributed by atoms with E-state index in [2.05, 4.69) is 4.98 Å². The van der Waals surface area contributed by atoms with Crippen molar-refractivity contribution >= 4 is 33.5 Å². The Hall–Kier alpha value is -3.64. The maximum Gasteiger partial charge on any atom is 0.336 e. The lowest BCUT2D eigenvalue weighted by Crippen LogP contribution is -2.37. The second-order valence-corrected chi connectivity index (χ2v) is 7.07. The number of rotatable bonds is 2. The molecule has 6 nitrogen and oxygen atoms in total. The van der Waals surface area contributed by atoms with Crippen molar-refractivity contribution in [2.24, 2.45) is 7.05 Å². The minimum absolute atomic E-state index is 0.0787. The van der Waals surface area contributed by atoms with Crippen LogP contribution in [0.2, 0.25) is 5.02 Å². The number of hydrogen-bond donors (Lipinski definition) is 0. The zero-order chi connectivity index (χ0) is 20.1. The third-order valence-corrected chi connectivity index (χ3v) is 5.31. The fraction of sp³-hybridized carbons (Fsp3) is 0.0455. The molecule has 7 heteroatoms. The van der Waals surface area contributed by atoms with E-state index in [1.165, 1.54) is 10.8 Å². The van der Waals surface area contributed by atoms with Crippen LogP contribution < -0.4 is 11.2 Å². The molecule has 2 aromatic carbocycles.